The van der Waals surface area contributed by atoms with Gasteiger partial charge in [0.2, 0.25) is 5.91 Å². The first-order valence-corrected chi connectivity index (χ1v) is 10.5. The summed E-state index contributed by atoms with van der Waals surface area (Å²) in [6, 6.07) is 0.171. The standard InChI is InChI=1S/C18H26N4OS2.ClH/c1-11-12(2)25-17-15(11)16(20-10-21-17)24-8-6-14(23)22-7-5-13(19)18(3,4)9-22;/h10,13H,5-9,19H2,1-4H3;1H. The van der Waals surface area contributed by atoms with Gasteiger partial charge in [-0.3, -0.25) is 4.79 Å². The minimum Gasteiger partial charge on any atom is -0.342 e. The van der Waals surface area contributed by atoms with E-state index in [1.54, 1.807) is 29.4 Å². The molecule has 1 atom stereocenters. The average Bonchev–Trinajstić information content (AvgIpc) is 2.85. The van der Waals surface area contributed by atoms with Crippen LogP contribution in [0.4, 0.5) is 0 Å². The summed E-state index contributed by atoms with van der Waals surface area (Å²) in [5, 5.41) is 2.13. The maximum absolute atomic E-state index is 12.6. The fourth-order valence-electron chi connectivity index (χ4n) is 3.24. The van der Waals surface area contributed by atoms with Crippen LogP contribution in [0, 0.1) is 19.3 Å². The molecule has 0 saturated carbocycles. The summed E-state index contributed by atoms with van der Waals surface area (Å²) in [7, 11) is 0. The molecule has 0 aromatic carbocycles. The molecule has 8 heteroatoms. The molecular weight excluding hydrogens is 388 g/mol. The van der Waals surface area contributed by atoms with Crippen LogP contribution in [-0.2, 0) is 4.79 Å². The molecule has 1 saturated heterocycles. The molecule has 0 radical (unpaired) electrons. The lowest BCUT2D eigenvalue weighted by molar-refractivity contribution is -0.134. The molecule has 1 aliphatic rings. The van der Waals surface area contributed by atoms with Crippen molar-refractivity contribution in [3.8, 4) is 0 Å². The third-order valence-corrected chi connectivity index (χ3v) is 7.26. The normalized spacial score (nSPS) is 19.4. The van der Waals surface area contributed by atoms with E-state index in [-0.39, 0.29) is 29.8 Å². The van der Waals surface area contributed by atoms with Gasteiger partial charge in [0.1, 0.15) is 16.2 Å². The molecule has 2 aromatic heterocycles. The van der Waals surface area contributed by atoms with E-state index in [1.807, 2.05) is 4.90 Å². The molecule has 3 heterocycles. The third-order valence-electron chi connectivity index (χ3n) is 5.15. The molecule has 1 unspecified atom stereocenters. The molecule has 3 rings (SSSR count). The number of aromatic nitrogens is 2. The summed E-state index contributed by atoms with van der Waals surface area (Å²) < 4.78 is 0. The molecule has 1 aliphatic heterocycles. The topological polar surface area (TPSA) is 72.1 Å². The zero-order valence-corrected chi connectivity index (χ0v) is 18.2. The van der Waals surface area contributed by atoms with Crippen LogP contribution in [0.15, 0.2) is 11.4 Å². The molecule has 5 nitrogen and oxygen atoms in total. The molecule has 144 valence electrons. The first-order chi connectivity index (χ1) is 11.8. The van der Waals surface area contributed by atoms with Crippen molar-refractivity contribution in [1.29, 1.82) is 0 Å². The van der Waals surface area contributed by atoms with E-state index in [1.165, 1.54) is 10.4 Å². The zero-order valence-electron chi connectivity index (χ0n) is 15.7. The quantitative estimate of drug-likeness (QED) is 0.608. The Labute approximate surface area is 169 Å². The highest BCUT2D eigenvalue weighted by Gasteiger charge is 2.35. The summed E-state index contributed by atoms with van der Waals surface area (Å²) in [6.07, 6.45) is 3.03. The van der Waals surface area contributed by atoms with Crippen LogP contribution in [-0.4, -0.2) is 45.7 Å². The van der Waals surface area contributed by atoms with Gasteiger partial charge >= 0.3 is 0 Å². The van der Waals surface area contributed by atoms with Gasteiger partial charge in [0.25, 0.3) is 0 Å². The maximum atomic E-state index is 12.6. The minimum absolute atomic E-state index is 0. The highest BCUT2D eigenvalue weighted by Crippen LogP contribution is 2.35. The van der Waals surface area contributed by atoms with Crippen molar-refractivity contribution >= 4 is 51.6 Å². The Morgan fingerprint density at radius 1 is 1.42 bits per heavy atom. The van der Waals surface area contributed by atoms with E-state index in [2.05, 4.69) is 37.7 Å². The van der Waals surface area contributed by atoms with Crippen LogP contribution in [0.1, 0.15) is 37.1 Å². The Morgan fingerprint density at radius 2 is 2.15 bits per heavy atom. The molecule has 1 amide bonds. The van der Waals surface area contributed by atoms with Crippen LogP contribution in [0.25, 0.3) is 10.2 Å². The average molecular weight is 415 g/mol. The number of carbonyl (C=O) groups excluding carboxylic acids is 1. The molecule has 2 N–H and O–H groups in total. The van der Waals surface area contributed by atoms with Crippen molar-refractivity contribution in [3.63, 3.8) is 0 Å². The number of piperidine rings is 1. The number of hydrogen-bond donors (Lipinski definition) is 1. The number of aryl methyl sites for hydroxylation is 2. The Morgan fingerprint density at radius 3 is 2.85 bits per heavy atom. The second-order valence-electron chi connectivity index (χ2n) is 7.44. The Kier molecular flexibility index (Phi) is 6.93. The van der Waals surface area contributed by atoms with Crippen LogP contribution in [0.3, 0.4) is 0 Å². The lowest BCUT2D eigenvalue weighted by Crippen LogP contribution is -2.54. The Balaban J connectivity index is 0.00000243. The van der Waals surface area contributed by atoms with Crippen LogP contribution in [0.2, 0.25) is 0 Å². The fourth-order valence-corrected chi connectivity index (χ4v) is 5.29. The number of likely N-dealkylation sites (tertiary alicyclic amines) is 1. The van der Waals surface area contributed by atoms with Gasteiger partial charge in [-0.15, -0.1) is 35.5 Å². The third kappa shape index (κ3) is 4.32. The van der Waals surface area contributed by atoms with E-state index < -0.39 is 0 Å². The predicted octanol–water partition coefficient (Wildman–Crippen LogP) is 3.80. The molecule has 0 spiro atoms. The number of hydrogen-bond acceptors (Lipinski definition) is 6. The van der Waals surface area contributed by atoms with E-state index in [9.17, 15) is 4.79 Å². The number of nitrogens with two attached hydrogens (primary N) is 1. The van der Waals surface area contributed by atoms with Crippen molar-refractivity contribution in [2.45, 2.75) is 51.6 Å². The second kappa shape index (κ2) is 8.42. The van der Waals surface area contributed by atoms with Gasteiger partial charge in [-0.2, -0.15) is 0 Å². The highest BCUT2D eigenvalue weighted by atomic mass is 35.5. The smallest absolute Gasteiger partial charge is 0.223 e. The second-order valence-corrected chi connectivity index (χ2v) is 9.73. The molecular formula is C18H27ClN4OS2. The summed E-state index contributed by atoms with van der Waals surface area (Å²) in [5.74, 6) is 0.957. The maximum Gasteiger partial charge on any atom is 0.223 e. The summed E-state index contributed by atoms with van der Waals surface area (Å²) >= 11 is 3.36. The van der Waals surface area contributed by atoms with E-state index in [4.69, 9.17) is 5.73 Å². The summed E-state index contributed by atoms with van der Waals surface area (Å²) in [6.45, 7) is 10.0. The molecule has 26 heavy (non-hydrogen) atoms. The van der Waals surface area contributed by atoms with Gasteiger partial charge in [-0.05, 0) is 31.2 Å². The van der Waals surface area contributed by atoms with Crippen molar-refractivity contribution in [2.24, 2.45) is 11.1 Å². The number of rotatable bonds is 4. The number of thioether (sulfide) groups is 1. The first-order valence-electron chi connectivity index (χ1n) is 8.66. The number of fused-ring (bicyclic) bond motifs is 1. The lowest BCUT2D eigenvalue weighted by Gasteiger charge is -2.42. The largest absolute Gasteiger partial charge is 0.342 e. The monoisotopic (exact) mass is 414 g/mol. The number of halogens is 1. The van der Waals surface area contributed by atoms with E-state index in [0.717, 1.165) is 40.5 Å². The SMILES string of the molecule is Cc1sc2ncnc(SCCC(=O)N3CCC(N)C(C)(C)C3)c2c1C.Cl. The van der Waals surface area contributed by atoms with Crippen LogP contribution >= 0.6 is 35.5 Å². The van der Waals surface area contributed by atoms with Gasteiger partial charge < -0.3 is 10.6 Å². The van der Waals surface area contributed by atoms with Crippen LogP contribution in [0.5, 0.6) is 0 Å². The highest BCUT2D eigenvalue weighted by molar-refractivity contribution is 7.99. The lowest BCUT2D eigenvalue weighted by atomic mass is 9.79. The Hall–Kier alpha value is -0.890. The molecule has 1 fully saturated rings. The number of carbonyl (C=O) groups is 1. The van der Waals surface area contributed by atoms with Gasteiger partial charge in [0.15, 0.2) is 0 Å². The predicted molar refractivity (Wildman–Crippen MR) is 112 cm³/mol. The summed E-state index contributed by atoms with van der Waals surface area (Å²) in [5.41, 5.74) is 7.41. The number of amides is 1. The van der Waals surface area contributed by atoms with Crippen molar-refractivity contribution in [3.05, 3.63) is 16.8 Å². The van der Waals surface area contributed by atoms with Crippen molar-refractivity contribution in [2.75, 3.05) is 18.8 Å². The van der Waals surface area contributed by atoms with Gasteiger partial charge in [-0.1, -0.05) is 13.8 Å². The molecule has 0 bridgehead atoms. The van der Waals surface area contributed by atoms with Gasteiger partial charge in [0.05, 0.1) is 0 Å². The molecule has 2 aromatic rings. The number of thiophene rings is 1. The first kappa shape index (κ1) is 21.4. The van der Waals surface area contributed by atoms with Crippen molar-refractivity contribution < 1.29 is 4.79 Å². The van der Waals surface area contributed by atoms with Crippen molar-refractivity contribution in [1.82, 2.24) is 14.9 Å². The van der Waals surface area contributed by atoms with E-state index in [0.29, 0.717) is 6.42 Å². The Bertz CT molecular complexity index is 793. The summed E-state index contributed by atoms with van der Waals surface area (Å²) in [4.78, 5) is 25.7. The van der Waals surface area contributed by atoms with Gasteiger partial charge in [-0.25, -0.2) is 9.97 Å². The zero-order chi connectivity index (χ0) is 18.2. The fraction of sp³-hybridized carbons (Fsp3) is 0.611. The minimum atomic E-state index is -0.00874. The number of nitrogens with zero attached hydrogens (tertiary/aromatic N) is 3. The molecule has 0 aliphatic carbocycles. The van der Waals surface area contributed by atoms with Crippen LogP contribution < -0.4 is 5.73 Å². The van der Waals surface area contributed by atoms with E-state index >= 15 is 0 Å². The van der Waals surface area contributed by atoms with Gasteiger partial charge in [0, 0.05) is 41.6 Å².